The smallest absolute Gasteiger partial charge is 0.251 e. The lowest BCUT2D eigenvalue weighted by atomic mass is 10.0. The van der Waals surface area contributed by atoms with Crippen molar-refractivity contribution >= 4 is 10.9 Å². The largest absolute Gasteiger partial charge is 0.322 e. The normalized spacial score (nSPS) is 10.8. The van der Waals surface area contributed by atoms with Gasteiger partial charge in [0.05, 0.1) is 0 Å². The van der Waals surface area contributed by atoms with E-state index in [0.29, 0.717) is 0 Å². The zero-order chi connectivity index (χ0) is 10.8. The summed E-state index contributed by atoms with van der Waals surface area (Å²) in [5.41, 5.74) is 3.04. The highest BCUT2D eigenvalue weighted by Gasteiger charge is 2.06. The van der Waals surface area contributed by atoms with Crippen molar-refractivity contribution in [3.05, 3.63) is 45.7 Å². The number of para-hydroxylation sites is 1. The van der Waals surface area contributed by atoms with Crippen LogP contribution in [0.25, 0.3) is 10.9 Å². The van der Waals surface area contributed by atoms with Crippen LogP contribution in [0.15, 0.2) is 29.1 Å². The molecule has 0 bridgehead atoms. The maximum Gasteiger partial charge on any atom is 0.251 e. The maximum atomic E-state index is 11.8. The number of nitrogens with one attached hydrogen (secondary N) is 1. The first-order valence-corrected chi connectivity index (χ1v) is 5.34. The van der Waals surface area contributed by atoms with Crippen LogP contribution in [0.1, 0.15) is 24.5 Å². The van der Waals surface area contributed by atoms with Gasteiger partial charge in [-0.05, 0) is 25.0 Å². The molecule has 0 amide bonds. The summed E-state index contributed by atoms with van der Waals surface area (Å²) >= 11 is 0. The molecular formula is C13H15NO. The van der Waals surface area contributed by atoms with Gasteiger partial charge in [0.25, 0.3) is 5.56 Å². The fourth-order valence-electron chi connectivity index (χ4n) is 2.00. The number of benzene rings is 1. The summed E-state index contributed by atoms with van der Waals surface area (Å²) in [5, 5.41) is 1.15. The summed E-state index contributed by atoms with van der Waals surface area (Å²) in [6, 6.07) is 7.94. The molecular weight excluding hydrogens is 186 g/mol. The fraction of sp³-hybridized carbons (Fsp3) is 0.308. The number of fused-ring (bicyclic) bond motifs is 1. The van der Waals surface area contributed by atoms with E-state index >= 15 is 0 Å². The van der Waals surface area contributed by atoms with Gasteiger partial charge in [-0.25, -0.2) is 0 Å². The van der Waals surface area contributed by atoms with Crippen molar-refractivity contribution in [2.45, 2.75) is 26.7 Å². The van der Waals surface area contributed by atoms with Crippen molar-refractivity contribution in [3.63, 3.8) is 0 Å². The molecule has 78 valence electrons. The number of pyridine rings is 1. The van der Waals surface area contributed by atoms with Crippen molar-refractivity contribution in [2.24, 2.45) is 0 Å². The Morgan fingerprint density at radius 1 is 1.27 bits per heavy atom. The van der Waals surface area contributed by atoms with Gasteiger partial charge in [0.15, 0.2) is 0 Å². The molecule has 15 heavy (non-hydrogen) atoms. The Labute approximate surface area is 89.0 Å². The Hall–Kier alpha value is -1.57. The van der Waals surface area contributed by atoms with E-state index in [0.717, 1.165) is 34.9 Å². The van der Waals surface area contributed by atoms with Crippen molar-refractivity contribution in [3.8, 4) is 0 Å². The van der Waals surface area contributed by atoms with Crippen molar-refractivity contribution in [2.75, 3.05) is 0 Å². The molecule has 0 saturated heterocycles. The van der Waals surface area contributed by atoms with Crippen LogP contribution in [0.5, 0.6) is 0 Å². The highest BCUT2D eigenvalue weighted by molar-refractivity contribution is 5.82. The zero-order valence-electron chi connectivity index (χ0n) is 9.13. The first-order chi connectivity index (χ1) is 7.24. The predicted octanol–water partition coefficient (Wildman–Crippen LogP) is 2.79. The number of aromatic nitrogens is 1. The molecule has 2 heteroatoms. The summed E-state index contributed by atoms with van der Waals surface area (Å²) < 4.78 is 0. The monoisotopic (exact) mass is 201 g/mol. The number of aryl methyl sites for hydroxylation is 1. The molecule has 0 fully saturated rings. The van der Waals surface area contributed by atoms with E-state index in [1.54, 1.807) is 0 Å². The quantitative estimate of drug-likeness (QED) is 0.796. The SMILES string of the molecule is CCCc1c(C)c2ccccc2[nH]c1=O. The zero-order valence-corrected chi connectivity index (χ0v) is 9.13. The molecule has 2 rings (SSSR count). The highest BCUT2D eigenvalue weighted by atomic mass is 16.1. The molecule has 1 N–H and O–H groups in total. The summed E-state index contributed by atoms with van der Waals surface area (Å²) in [5.74, 6) is 0. The third-order valence-electron chi connectivity index (χ3n) is 2.81. The number of aromatic amines is 1. The minimum Gasteiger partial charge on any atom is -0.322 e. The Morgan fingerprint density at radius 3 is 2.73 bits per heavy atom. The van der Waals surface area contributed by atoms with Crippen molar-refractivity contribution in [1.82, 2.24) is 4.98 Å². The van der Waals surface area contributed by atoms with E-state index in [4.69, 9.17) is 0 Å². The lowest BCUT2D eigenvalue weighted by Gasteiger charge is -2.07. The minimum atomic E-state index is 0.0630. The van der Waals surface area contributed by atoms with Crippen LogP contribution < -0.4 is 5.56 Å². The second-order valence-electron chi connectivity index (χ2n) is 3.85. The van der Waals surface area contributed by atoms with Crippen LogP contribution in [-0.2, 0) is 6.42 Å². The molecule has 0 aliphatic carbocycles. The average Bonchev–Trinajstić information content (AvgIpc) is 2.24. The minimum absolute atomic E-state index is 0.0630. The van der Waals surface area contributed by atoms with E-state index in [1.165, 1.54) is 0 Å². The lowest BCUT2D eigenvalue weighted by molar-refractivity contribution is 0.896. The summed E-state index contributed by atoms with van der Waals surface area (Å²) in [6.45, 7) is 4.12. The van der Waals surface area contributed by atoms with Gasteiger partial charge >= 0.3 is 0 Å². The van der Waals surface area contributed by atoms with Crippen LogP contribution in [-0.4, -0.2) is 4.98 Å². The van der Waals surface area contributed by atoms with Gasteiger partial charge in [-0.2, -0.15) is 0 Å². The average molecular weight is 201 g/mol. The molecule has 2 nitrogen and oxygen atoms in total. The molecule has 0 spiro atoms. The number of hydrogen-bond acceptors (Lipinski definition) is 1. The third-order valence-corrected chi connectivity index (χ3v) is 2.81. The maximum absolute atomic E-state index is 11.8. The van der Waals surface area contributed by atoms with E-state index in [9.17, 15) is 4.79 Å². The molecule has 0 atom stereocenters. The van der Waals surface area contributed by atoms with Crippen LogP contribution in [0.4, 0.5) is 0 Å². The molecule has 1 aromatic carbocycles. The van der Waals surface area contributed by atoms with E-state index in [-0.39, 0.29) is 5.56 Å². The predicted molar refractivity (Wildman–Crippen MR) is 63.3 cm³/mol. The van der Waals surface area contributed by atoms with Gasteiger partial charge in [-0.1, -0.05) is 31.5 Å². The van der Waals surface area contributed by atoms with Gasteiger partial charge in [0.1, 0.15) is 0 Å². The standard InChI is InChI=1S/C13H15NO/c1-3-6-11-9(2)10-7-4-5-8-12(10)14-13(11)15/h4-5,7-8H,3,6H2,1-2H3,(H,14,15). The number of rotatable bonds is 2. The molecule has 0 saturated carbocycles. The van der Waals surface area contributed by atoms with Gasteiger partial charge in [-0.3, -0.25) is 4.79 Å². The molecule has 0 aliphatic rings. The number of H-pyrrole nitrogens is 1. The van der Waals surface area contributed by atoms with Gasteiger partial charge < -0.3 is 4.98 Å². The lowest BCUT2D eigenvalue weighted by Crippen LogP contribution is -2.14. The fourth-order valence-corrected chi connectivity index (χ4v) is 2.00. The Bertz CT molecular complexity index is 540. The first kappa shape index (κ1) is 9.97. The van der Waals surface area contributed by atoms with Crippen LogP contribution in [0, 0.1) is 6.92 Å². The molecule has 0 unspecified atom stereocenters. The van der Waals surface area contributed by atoms with Gasteiger partial charge in [0, 0.05) is 16.5 Å². The molecule has 0 aliphatic heterocycles. The van der Waals surface area contributed by atoms with E-state index < -0.39 is 0 Å². The van der Waals surface area contributed by atoms with E-state index in [2.05, 4.69) is 18.0 Å². The Balaban J connectivity index is 2.78. The third kappa shape index (κ3) is 1.67. The van der Waals surface area contributed by atoms with Crippen molar-refractivity contribution in [1.29, 1.82) is 0 Å². The molecule has 0 radical (unpaired) electrons. The van der Waals surface area contributed by atoms with Crippen molar-refractivity contribution < 1.29 is 0 Å². The molecule has 1 heterocycles. The van der Waals surface area contributed by atoms with E-state index in [1.807, 2.05) is 25.1 Å². The summed E-state index contributed by atoms with van der Waals surface area (Å²) in [6.07, 6.45) is 1.86. The van der Waals surface area contributed by atoms with Crippen LogP contribution in [0.2, 0.25) is 0 Å². The molecule has 1 aromatic heterocycles. The van der Waals surface area contributed by atoms with Gasteiger partial charge in [-0.15, -0.1) is 0 Å². The highest BCUT2D eigenvalue weighted by Crippen LogP contribution is 2.17. The Kier molecular flexibility index (Phi) is 2.58. The van der Waals surface area contributed by atoms with Crippen LogP contribution >= 0.6 is 0 Å². The topological polar surface area (TPSA) is 32.9 Å². The van der Waals surface area contributed by atoms with Gasteiger partial charge in [0.2, 0.25) is 0 Å². The molecule has 2 aromatic rings. The summed E-state index contributed by atoms with van der Waals surface area (Å²) in [7, 11) is 0. The second kappa shape index (κ2) is 3.89. The second-order valence-corrected chi connectivity index (χ2v) is 3.85. The van der Waals surface area contributed by atoms with Crippen LogP contribution in [0.3, 0.4) is 0 Å². The number of hydrogen-bond donors (Lipinski definition) is 1. The first-order valence-electron chi connectivity index (χ1n) is 5.34. The Morgan fingerprint density at radius 2 is 2.00 bits per heavy atom. The summed E-state index contributed by atoms with van der Waals surface area (Å²) in [4.78, 5) is 14.7.